The van der Waals surface area contributed by atoms with Gasteiger partial charge in [-0.15, -0.1) is 0 Å². The van der Waals surface area contributed by atoms with Crippen molar-refractivity contribution in [3.05, 3.63) is 252 Å². The van der Waals surface area contributed by atoms with Gasteiger partial charge < -0.3 is 0 Å². The van der Waals surface area contributed by atoms with E-state index < -0.39 is 0 Å². The van der Waals surface area contributed by atoms with Gasteiger partial charge in [0.1, 0.15) is 0 Å². The highest BCUT2D eigenvalue weighted by atomic mass is 15.6. The minimum atomic E-state index is -0.0553. The molecule has 0 radical (unpaired) electrons. The Kier molecular flexibility index (Phi) is 9.30. The Morgan fingerprint density at radius 1 is 0.377 bits per heavy atom. The molecule has 8 aromatic carbocycles. The van der Waals surface area contributed by atoms with Crippen LogP contribution in [0.4, 0.5) is 0 Å². The molecule has 0 aliphatic carbocycles. The predicted molar refractivity (Wildman–Crippen MR) is 251 cm³/mol. The van der Waals surface area contributed by atoms with Crippen molar-refractivity contribution in [3.63, 3.8) is 0 Å². The molecule has 11 rings (SSSR count). The van der Waals surface area contributed by atoms with Gasteiger partial charge in [0, 0.05) is 27.8 Å². The molecule has 4 nitrogen and oxygen atoms in total. The normalized spacial score (nSPS) is 14.3. The summed E-state index contributed by atoms with van der Waals surface area (Å²) in [5.74, 6) is 0.680. The van der Waals surface area contributed by atoms with Crippen molar-refractivity contribution in [1.29, 1.82) is 0 Å². The lowest BCUT2D eigenvalue weighted by molar-refractivity contribution is 0.405. The average molecular weight is 781 g/mol. The van der Waals surface area contributed by atoms with Crippen LogP contribution >= 0.6 is 0 Å². The van der Waals surface area contributed by atoms with Gasteiger partial charge in [0.2, 0.25) is 0 Å². The van der Waals surface area contributed by atoms with E-state index in [2.05, 4.69) is 235 Å². The van der Waals surface area contributed by atoms with Crippen molar-refractivity contribution in [2.75, 3.05) is 0 Å². The Morgan fingerprint density at radius 3 is 1.56 bits per heavy atom. The highest BCUT2D eigenvalue weighted by molar-refractivity contribution is 6.06. The van der Waals surface area contributed by atoms with Gasteiger partial charge >= 0.3 is 0 Å². The Balaban J connectivity index is 1.08. The summed E-state index contributed by atoms with van der Waals surface area (Å²) in [7, 11) is 0. The zero-order chi connectivity index (χ0) is 40.5. The summed E-state index contributed by atoms with van der Waals surface area (Å²) in [6, 6.07) is 79.3. The second-order valence-electron chi connectivity index (χ2n) is 15.5. The van der Waals surface area contributed by atoms with Crippen molar-refractivity contribution in [2.24, 2.45) is 0 Å². The highest BCUT2D eigenvalue weighted by Crippen LogP contribution is 2.51. The first-order valence-electron chi connectivity index (χ1n) is 20.8. The minimum absolute atomic E-state index is 0.0553. The molecule has 1 atom stereocenters. The molecule has 0 saturated carbocycles. The molecule has 2 aliphatic heterocycles. The fourth-order valence-electron chi connectivity index (χ4n) is 8.78. The summed E-state index contributed by atoms with van der Waals surface area (Å²) in [4.78, 5) is 10.5. The maximum Gasteiger partial charge on any atom is 0.160 e. The van der Waals surface area contributed by atoms with Crippen molar-refractivity contribution >= 4 is 23.0 Å². The van der Waals surface area contributed by atoms with Crippen LogP contribution in [0, 0.1) is 0 Å². The molecule has 288 valence electrons. The lowest BCUT2D eigenvalue weighted by atomic mass is 9.85. The quantitative estimate of drug-likeness (QED) is 0.167. The Bertz CT molecular complexity index is 3090. The molecule has 3 heterocycles. The van der Waals surface area contributed by atoms with Gasteiger partial charge in [-0.2, -0.15) is 0 Å². The number of fused-ring (bicyclic) bond motifs is 3. The third-order valence-electron chi connectivity index (χ3n) is 11.7. The molecule has 2 aliphatic rings. The molecule has 1 N–H and O–H groups in total. The third-order valence-corrected chi connectivity index (χ3v) is 11.7. The summed E-state index contributed by atoms with van der Waals surface area (Å²) in [5.41, 5.74) is 22.7. The summed E-state index contributed by atoms with van der Waals surface area (Å²) in [5, 5.41) is 2.31. The number of hydrogen-bond acceptors (Lipinski definition) is 4. The van der Waals surface area contributed by atoms with Crippen LogP contribution in [0.5, 0.6) is 0 Å². The van der Waals surface area contributed by atoms with Crippen LogP contribution in [-0.2, 0) is 0 Å². The molecule has 0 spiro atoms. The topological polar surface area (TPSA) is 41.0 Å². The van der Waals surface area contributed by atoms with E-state index in [1.54, 1.807) is 0 Å². The van der Waals surface area contributed by atoms with Crippen LogP contribution < -0.4 is 5.43 Å². The Morgan fingerprint density at radius 2 is 0.869 bits per heavy atom. The van der Waals surface area contributed by atoms with Crippen molar-refractivity contribution in [2.45, 2.75) is 6.04 Å². The lowest BCUT2D eigenvalue weighted by Gasteiger charge is -2.32. The number of benzene rings is 8. The van der Waals surface area contributed by atoms with E-state index in [-0.39, 0.29) is 6.04 Å². The van der Waals surface area contributed by atoms with Gasteiger partial charge in [-0.05, 0) is 68.8 Å². The molecular formula is C57H40N4. The van der Waals surface area contributed by atoms with Gasteiger partial charge in [-0.25, -0.2) is 15.4 Å². The predicted octanol–water partition coefficient (Wildman–Crippen LogP) is 13.8. The van der Waals surface area contributed by atoms with Gasteiger partial charge in [0.15, 0.2) is 5.82 Å². The van der Waals surface area contributed by atoms with E-state index >= 15 is 0 Å². The van der Waals surface area contributed by atoms with E-state index in [9.17, 15) is 0 Å². The van der Waals surface area contributed by atoms with Gasteiger partial charge in [-0.3, -0.25) is 5.01 Å². The third kappa shape index (κ3) is 6.85. The van der Waals surface area contributed by atoms with Crippen LogP contribution in [0.25, 0.3) is 79.2 Å². The summed E-state index contributed by atoms with van der Waals surface area (Å²) < 4.78 is 0. The summed E-state index contributed by atoms with van der Waals surface area (Å²) in [6.07, 6.45) is 2.35. The lowest BCUT2D eigenvalue weighted by Crippen LogP contribution is -2.33. The van der Waals surface area contributed by atoms with Crippen LogP contribution in [0.2, 0.25) is 0 Å². The second kappa shape index (κ2) is 15.7. The van der Waals surface area contributed by atoms with Crippen molar-refractivity contribution < 1.29 is 0 Å². The standard InChI is InChI=1S/C57H40N4/c1-6-19-39(20-7-1)44-29-16-31-46(35-44)52-38-51(40-21-8-2-9-22-40)58-57(59-52)47-32-17-30-45(36-47)48-33-18-34-49-50(48)37-53(41-23-10-3-11-24-41)61-56(49)54(42-25-12-4-13-26-42)55(60-61)43-27-14-5-15-28-43/h1-38,55,60H. The SMILES string of the molecule is C1=C(c2ccccc2)N2NC(c3ccccc3)C(c3ccccc3)=C2c2cccc(-c3cccc(-c4nc(-c5ccccc5)cc(-c5cccc(-c6ccccc6)c5)n4)c3)c21. The van der Waals surface area contributed by atoms with E-state index in [0.29, 0.717) is 5.82 Å². The number of hydrazine groups is 1. The minimum Gasteiger partial charge on any atom is -0.274 e. The molecule has 0 bridgehead atoms. The van der Waals surface area contributed by atoms with E-state index in [0.717, 1.165) is 61.7 Å². The molecule has 1 unspecified atom stereocenters. The zero-order valence-electron chi connectivity index (χ0n) is 33.4. The average Bonchev–Trinajstić information content (AvgIpc) is 3.76. The van der Waals surface area contributed by atoms with Gasteiger partial charge in [0.05, 0.1) is 28.8 Å². The van der Waals surface area contributed by atoms with Gasteiger partial charge in [-0.1, -0.05) is 206 Å². The van der Waals surface area contributed by atoms with Gasteiger partial charge in [0.25, 0.3) is 0 Å². The molecular weight excluding hydrogens is 741 g/mol. The van der Waals surface area contributed by atoms with Crippen LogP contribution in [0.1, 0.15) is 33.9 Å². The Hall–Kier alpha value is -7.92. The number of nitrogens with one attached hydrogen (secondary N) is 1. The first-order chi connectivity index (χ1) is 30.2. The molecule has 0 saturated heterocycles. The molecule has 0 fully saturated rings. The maximum atomic E-state index is 5.29. The molecule has 1 aromatic heterocycles. The second-order valence-corrected chi connectivity index (χ2v) is 15.5. The Labute approximate surface area is 356 Å². The summed E-state index contributed by atoms with van der Waals surface area (Å²) >= 11 is 0. The van der Waals surface area contributed by atoms with E-state index in [1.165, 1.54) is 33.4 Å². The van der Waals surface area contributed by atoms with Crippen LogP contribution in [0.15, 0.2) is 224 Å². The van der Waals surface area contributed by atoms with E-state index in [4.69, 9.17) is 9.97 Å². The van der Waals surface area contributed by atoms with Crippen LogP contribution in [-0.4, -0.2) is 15.0 Å². The number of rotatable bonds is 8. The van der Waals surface area contributed by atoms with Crippen LogP contribution in [0.3, 0.4) is 0 Å². The molecule has 61 heavy (non-hydrogen) atoms. The largest absolute Gasteiger partial charge is 0.274 e. The fourth-order valence-corrected chi connectivity index (χ4v) is 8.78. The first kappa shape index (κ1) is 36.2. The molecule has 0 amide bonds. The smallest absolute Gasteiger partial charge is 0.160 e. The number of nitrogens with zero attached hydrogens (tertiary/aromatic N) is 3. The summed E-state index contributed by atoms with van der Waals surface area (Å²) in [6.45, 7) is 0. The van der Waals surface area contributed by atoms with Crippen molar-refractivity contribution in [1.82, 2.24) is 20.4 Å². The monoisotopic (exact) mass is 780 g/mol. The first-order valence-corrected chi connectivity index (χ1v) is 20.8. The maximum absolute atomic E-state index is 5.29. The molecule has 4 heteroatoms. The number of hydrogen-bond donors (Lipinski definition) is 1. The molecule has 9 aromatic rings. The van der Waals surface area contributed by atoms with Crippen molar-refractivity contribution in [3.8, 4) is 56.2 Å². The fraction of sp³-hybridized carbons (Fsp3) is 0.0175. The number of aromatic nitrogens is 2. The zero-order valence-corrected chi connectivity index (χ0v) is 33.4. The van der Waals surface area contributed by atoms with E-state index in [1.807, 2.05) is 6.07 Å². The highest BCUT2D eigenvalue weighted by Gasteiger charge is 2.39.